The van der Waals surface area contributed by atoms with Crippen LogP contribution >= 0.6 is 0 Å². The number of carbonyl (C=O) groups excluding carboxylic acids is 1. The third-order valence-electron chi connectivity index (χ3n) is 2.18. The lowest BCUT2D eigenvalue weighted by atomic mass is 10.1. The first-order valence-electron chi connectivity index (χ1n) is 5.11. The maximum Gasteiger partial charge on any atom is 0.310 e. The predicted molar refractivity (Wildman–Crippen MR) is 59.5 cm³/mol. The highest BCUT2D eigenvalue weighted by atomic mass is 19.3. The van der Waals surface area contributed by atoms with E-state index in [9.17, 15) is 13.6 Å². The summed E-state index contributed by atoms with van der Waals surface area (Å²) in [4.78, 5) is 11.3. The Morgan fingerprint density at radius 3 is 2.76 bits per heavy atom. The van der Waals surface area contributed by atoms with Gasteiger partial charge in [0.05, 0.1) is 18.7 Å². The molecule has 3 N–H and O–H groups in total. The van der Waals surface area contributed by atoms with E-state index in [0.717, 1.165) is 0 Å². The normalized spacial score (nSPS) is 10.4. The number of hydrazine groups is 1. The summed E-state index contributed by atoms with van der Waals surface area (Å²) in [6.45, 7) is 1.97. The number of nitrogen functional groups attached to an aromatic ring is 1. The van der Waals surface area contributed by atoms with Gasteiger partial charge in [-0.05, 0) is 18.6 Å². The predicted octanol–water partition coefficient (Wildman–Crippen LogP) is 2.02. The molecule has 0 saturated heterocycles. The number of benzene rings is 1. The largest absolute Gasteiger partial charge is 0.466 e. The van der Waals surface area contributed by atoms with Crippen molar-refractivity contribution in [2.24, 2.45) is 5.84 Å². The van der Waals surface area contributed by atoms with Crippen molar-refractivity contribution in [2.75, 3.05) is 12.0 Å². The first-order chi connectivity index (χ1) is 8.08. The SMILES string of the molecule is CCOC(=O)Cc1ccc(C(F)F)cc1NN. The third-order valence-corrected chi connectivity index (χ3v) is 2.18. The number of esters is 1. The topological polar surface area (TPSA) is 64.3 Å². The fourth-order valence-corrected chi connectivity index (χ4v) is 1.39. The van der Waals surface area contributed by atoms with Crippen LogP contribution in [0, 0.1) is 0 Å². The standard InChI is InChI=1S/C11H14F2N2O2/c1-2-17-10(16)6-7-3-4-8(11(12)13)5-9(7)15-14/h3-5,11,15H,2,6,14H2,1H3. The molecule has 4 nitrogen and oxygen atoms in total. The van der Waals surface area contributed by atoms with Crippen LogP contribution in [0.4, 0.5) is 14.5 Å². The third kappa shape index (κ3) is 3.67. The van der Waals surface area contributed by atoms with E-state index in [4.69, 9.17) is 10.6 Å². The molecular weight excluding hydrogens is 230 g/mol. The van der Waals surface area contributed by atoms with Gasteiger partial charge in [0.2, 0.25) is 0 Å². The highest BCUT2D eigenvalue weighted by Crippen LogP contribution is 2.25. The second-order valence-corrected chi connectivity index (χ2v) is 3.34. The molecule has 0 saturated carbocycles. The summed E-state index contributed by atoms with van der Waals surface area (Å²) in [5.41, 5.74) is 2.97. The molecule has 0 aliphatic carbocycles. The number of carbonyl (C=O) groups is 1. The molecule has 1 rings (SSSR count). The van der Waals surface area contributed by atoms with Crippen LogP contribution in [0.3, 0.4) is 0 Å². The Bertz CT molecular complexity index is 397. The van der Waals surface area contributed by atoms with Gasteiger partial charge in [-0.1, -0.05) is 12.1 Å². The number of alkyl halides is 2. The van der Waals surface area contributed by atoms with E-state index in [1.807, 2.05) is 0 Å². The Morgan fingerprint density at radius 2 is 2.24 bits per heavy atom. The summed E-state index contributed by atoms with van der Waals surface area (Å²) in [5.74, 6) is 4.80. The minimum Gasteiger partial charge on any atom is -0.466 e. The zero-order valence-corrected chi connectivity index (χ0v) is 9.37. The molecule has 0 unspecified atom stereocenters. The minimum atomic E-state index is -2.57. The van der Waals surface area contributed by atoms with Crippen LogP contribution in [0.5, 0.6) is 0 Å². The van der Waals surface area contributed by atoms with E-state index < -0.39 is 12.4 Å². The molecule has 1 aromatic rings. The highest BCUT2D eigenvalue weighted by Gasteiger charge is 2.12. The number of hydrogen-bond donors (Lipinski definition) is 2. The molecule has 0 atom stereocenters. The zero-order chi connectivity index (χ0) is 12.8. The van der Waals surface area contributed by atoms with Crippen LogP contribution in [0.25, 0.3) is 0 Å². The van der Waals surface area contributed by atoms with E-state index >= 15 is 0 Å². The average Bonchev–Trinajstić information content (AvgIpc) is 2.29. The van der Waals surface area contributed by atoms with Crippen molar-refractivity contribution in [1.29, 1.82) is 0 Å². The molecule has 0 aliphatic heterocycles. The van der Waals surface area contributed by atoms with Gasteiger partial charge in [0.15, 0.2) is 0 Å². The first kappa shape index (κ1) is 13.4. The molecule has 1 aromatic carbocycles. The summed E-state index contributed by atoms with van der Waals surface area (Å²) < 4.78 is 29.6. The lowest BCUT2D eigenvalue weighted by molar-refractivity contribution is -0.142. The molecule has 6 heteroatoms. The summed E-state index contributed by atoms with van der Waals surface area (Å²) >= 11 is 0. The molecule has 0 aromatic heterocycles. The lowest BCUT2D eigenvalue weighted by Crippen LogP contribution is -2.13. The van der Waals surface area contributed by atoms with Gasteiger partial charge >= 0.3 is 5.97 Å². The summed E-state index contributed by atoms with van der Waals surface area (Å²) in [6, 6.07) is 3.92. The fraction of sp³-hybridized carbons (Fsp3) is 0.364. The quantitative estimate of drug-likeness (QED) is 0.472. The van der Waals surface area contributed by atoms with Crippen LogP contribution in [0.1, 0.15) is 24.5 Å². The summed E-state index contributed by atoms with van der Waals surface area (Å²) in [7, 11) is 0. The molecule has 0 aliphatic rings. The molecule has 94 valence electrons. The molecule has 0 radical (unpaired) electrons. The Kier molecular flexibility index (Phi) is 4.84. The lowest BCUT2D eigenvalue weighted by Gasteiger charge is -2.10. The summed E-state index contributed by atoms with van der Waals surface area (Å²) in [5, 5.41) is 0. The maximum absolute atomic E-state index is 12.4. The van der Waals surface area contributed by atoms with Gasteiger partial charge in [-0.2, -0.15) is 0 Å². The molecule has 0 bridgehead atoms. The minimum absolute atomic E-state index is 0.00308. The van der Waals surface area contributed by atoms with Gasteiger partial charge in [0.1, 0.15) is 0 Å². The van der Waals surface area contributed by atoms with E-state index in [-0.39, 0.29) is 18.6 Å². The fourth-order valence-electron chi connectivity index (χ4n) is 1.39. The average molecular weight is 244 g/mol. The number of nitrogens with two attached hydrogens (primary N) is 1. The number of hydrogen-bond acceptors (Lipinski definition) is 4. The van der Waals surface area contributed by atoms with E-state index in [1.54, 1.807) is 6.92 Å². The number of rotatable bonds is 5. The van der Waals surface area contributed by atoms with Gasteiger partial charge < -0.3 is 10.2 Å². The van der Waals surface area contributed by atoms with Crippen LogP contribution in [0.2, 0.25) is 0 Å². The van der Waals surface area contributed by atoms with Crippen molar-refractivity contribution >= 4 is 11.7 Å². The van der Waals surface area contributed by atoms with Crippen molar-refractivity contribution in [1.82, 2.24) is 0 Å². The Hall–Kier alpha value is -1.69. The van der Waals surface area contributed by atoms with Crippen LogP contribution < -0.4 is 11.3 Å². The Balaban J connectivity index is 2.89. The van der Waals surface area contributed by atoms with E-state index in [0.29, 0.717) is 11.3 Å². The molecular formula is C11H14F2N2O2. The van der Waals surface area contributed by atoms with Gasteiger partial charge in [0, 0.05) is 5.56 Å². The smallest absolute Gasteiger partial charge is 0.310 e. The monoisotopic (exact) mass is 244 g/mol. The van der Waals surface area contributed by atoms with Crippen LogP contribution in [-0.2, 0) is 16.0 Å². The van der Waals surface area contributed by atoms with Crippen molar-refractivity contribution in [3.8, 4) is 0 Å². The summed E-state index contributed by atoms with van der Waals surface area (Å²) in [6.07, 6.45) is -2.57. The molecule has 0 fully saturated rings. The van der Waals surface area contributed by atoms with Crippen molar-refractivity contribution < 1.29 is 18.3 Å². The second-order valence-electron chi connectivity index (χ2n) is 3.34. The molecule has 0 amide bonds. The van der Waals surface area contributed by atoms with Gasteiger partial charge in [0.25, 0.3) is 6.43 Å². The van der Waals surface area contributed by atoms with E-state index in [2.05, 4.69) is 5.43 Å². The molecule has 17 heavy (non-hydrogen) atoms. The van der Waals surface area contributed by atoms with Crippen molar-refractivity contribution in [3.05, 3.63) is 29.3 Å². The highest BCUT2D eigenvalue weighted by molar-refractivity contribution is 5.75. The maximum atomic E-state index is 12.4. The number of ether oxygens (including phenoxy) is 1. The zero-order valence-electron chi connectivity index (χ0n) is 9.37. The van der Waals surface area contributed by atoms with Gasteiger partial charge in [-0.15, -0.1) is 0 Å². The molecule has 0 spiro atoms. The number of nitrogens with one attached hydrogen (secondary N) is 1. The molecule has 0 heterocycles. The van der Waals surface area contributed by atoms with Crippen molar-refractivity contribution in [2.45, 2.75) is 19.8 Å². The van der Waals surface area contributed by atoms with E-state index in [1.165, 1.54) is 18.2 Å². The second kappa shape index (κ2) is 6.15. The number of anilines is 1. The first-order valence-corrected chi connectivity index (χ1v) is 5.11. The van der Waals surface area contributed by atoms with Crippen molar-refractivity contribution in [3.63, 3.8) is 0 Å². The van der Waals surface area contributed by atoms with Gasteiger partial charge in [-0.3, -0.25) is 10.6 Å². The van der Waals surface area contributed by atoms with Gasteiger partial charge in [-0.25, -0.2) is 8.78 Å². The van der Waals surface area contributed by atoms with Crippen LogP contribution in [0.15, 0.2) is 18.2 Å². The number of halogens is 2. The Morgan fingerprint density at radius 1 is 1.53 bits per heavy atom. The van der Waals surface area contributed by atoms with Crippen LogP contribution in [-0.4, -0.2) is 12.6 Å². The Labute approximate surface area is 97.7 Å².